The van der Waals surface area contributed by atoms with Crippen molar-refractivity contribution in [1.82, 2.24) is 9.38 Å². The summed E-state index contributed by atoms with van der Waals surface area (Å²) in [5.74, 6) is 1.64. The van der Waals surface area contributed by atoms with Gasteiger partial charge < -0.3 is 13.9 Å². The first-order valence-electron chi connectivity index (χ1n) is 10.8. The van der Waals surface area contributed by atoms with Crippen LogP contribution in [-0.4, -0.2) is 9.38 Å². The predicted octanol–water partition coefficient (Wildman–Crippen LogP) is 7.23. The minimum atomic E-state index is 0.506. The second kappa shape index (κ2) is 9.51. The highest BCUT2D eigenvalue weighted by molar-refractivity contribution is 9.10. The molecule has 4 nitrogen and oxygen atoms in total. The van der Waals surface area contributed by atoms with Crippen LogP contribution in [0.25, 0.3) is 16.9 Å². The van der Waals surface area contributed by atoms with Crippen molar-refractivity contribution in [2.45, 2.75) is 20.1 Å². The molecule has 2 aromatic heterocycles. The SMILES string of the molecule is Cc1cc(-c2cn3cccc(OCc4ccccc4)c3n2)ccc1OCc1ccc(Br)cc1. The normalized spacial score (nSPS) is 11.0. The molecule has 0 bridgehead atoms. The second-order valence-corrected chi connectivity index (χ2v) is 8.81. The molecule has 0 saturated heterocycles. The Bertz CT molecular complexity index is 1380. The molecule has 0 aliphatic rings. The van der Waals surface area contributed by atoms with Gasteiger partial charge in [-0.2, -0.15) is 0 Å². The molecule has 0 atom stereocenters. The van der Waals surface area contributed by atoms with Crippen molar-refractivity contribution in [3.05, 3.63) is 118 Å². The Morgan fingerprint density at radius 2 is 1.52 bits per heavy atom. The molecular weight excluding hydrogens is 476 g/mol. The lowest BCUT2D eigenvalue weighted by Gasteiger charge is -2.10. The number of pyridine rings is 1. The average molecular weight is 499 g/mol. The molecule has 164 valence electrons. The van der Waals surface area contributed by atoms with Crippen molar-refractivity contribution >= 4 is 21.6 Å². The summed E-state index contributed by atoms with van der Waals surface area (Å²) in [6, 6.07) is 28.4. The number of aryl methyl sites for hydroxylation is 1. The molecule has 5 aromatic rings. The zero-order valence-corrected chi connectivity index (χ0v) is 19.8. The van der Waals surface area contributed by atoms with Gasteiger partial charge >= 0.3 is 0 Å². The van der Waals surface area contributed by atoms with Gasteiger partial charge in [0.2, 0.25) is 0 Å². The van der Waals surface area contributed by atoms with Gasteiger partial charge in [-0.05, 0) is 66.1 Å². The molecule has 0 radical (unpaired) electrons. The summed E-state index contributed by atoms with van der Waals surface area (Å²) in [6.07, 6.45) is 4.02. The fraction of sp³-hybridized carbons (Fsp3) is 0.107. The van der Waals surface area contributed by atoms with E-state index in [2.05, 4.69) is 59.3 Å². The fourth-order valence-corrected chi connectivity index (χ4v) is 3.95. The summed E-state index contributed by atoms with van der Waals surface area (Å²) >= 11 is 3.46. The summed E-state index contributed by atoms with van der Waals surface area (Å²) in [7, 11) is 0. The Hall–Kier alpha value is -3.57. The molecule has 0 amide bonds. The lowest BCUT2D eigenvalue weighted by atomic mass is 10.1. The van der Waals surface area contributed by atoms with Crippen LogP contribution < -0.4 is 9.47 Å². The number of hydrogen-bond acceptors (Lipinski definition) is 3. The smallest absolute Gasteiger partial charge is 0.180 e. The van der Waals surface area contributed by atoms with Crippen molar-refractivity contribution in [2.75, 3.05) is 0 Å². The lowest BCUT2D eigenvalue weighted by Crippen LogP contribution is -1.97. The van der Waals surface area contributed by atoms with Crippen LogP contribution in [0.15, 0.2) is 102 Å². The first kappa shape index (κ1) is 21.3. The molecule has 5 heteroatoms. The van der Waals surface area contributed by atoms with Crippen molar-refractivity contribution in [3.63, 3.8) is 0 Å². The fourth-order valence-electron chi connectivity index (χ4n) is 3.69. The highest BCUT2D eigenvalue weighted by Crippen LogP contribution is 2.29. The maximum absolute atomic E-state index is 6.07. The van der Waals surface area contributed by atoms with E-state index in [0.29, 0.717) is 13.2 Å². The van der Waals surface area contributed by atoms with Gasteiger partial charge in [0, 0.05) is 22.4 Å². The van der Waals surface area contributed by atoms with Gasteiger partial charge in [-0.1, -0.05) is 58.4 Å². The Labute approximate surface area is 201 Å². The largest absolute Gasteiger partial charge is 0.489 e. The molecule has 3 aromatic carbocycles. The maximum Gasteiger partial charge on any atom is 0.180 e. The van der Waals surface area contributed by atoms with Gasteiger partial charge in [-0.15, -0.1) is 0 Å². The van der Waals surface area contributed by atoms with Crippen LogP contribution in [0.2, 0.25) is 0 Å². The summed E-state index contributed by atoms with van der Waals surface area (Å²) < 4.78 is 15.2. The molecule has 5 rings (SSSR count). The van der Waals surface area contributed by atoms with Gasteiger partial charge in [-0.3, -0.25) is 0 Å². The minimum Gasteiger partial charge on any atom is -0.489 e. The summed E-state index contributed by atoms with van der Waals surface area (Å²) in [5.41, 5.74) is 6.07. The Morgan fingerprint density at radius 1 is 0.788 bits per heavy atom. The number of ether oxygens (including phenoxy) is 2. The highest BCUT2D eigenvalue weighted by atomic mass is 79.9. The monoisotopic (exact) mass is 498 g/mol. The molecular formula is C28H23BrN2O2. The molecule has 0 spiro atoms. The van der Waals surface area contributed by atoms with Crippen molar-refractivity contribution < 1.29 is 9.47 Å². The number of aromatic nitrogens is 2. The first-order chi connectivity index (χ1) is 16.2. The van der Waals surface area contributed by atoms with Crippen LogP contribution in [0.3, 0.4) is 0 Å². The average Bonchev–Trinajstić information content (AvgIpc) is 3.29. The predicted molar refractivity (Wildman–Crippen MR) is 135 cm³/mol. The standard InChI is InChI=1S/C28H23BrN2O2/c1-20-16-23(11-14-26(20)32-19-22-9-12-24(29)13-10-22)25-17-31-15-5-8-27(28(31)30-25)33-18-21-6-3-2-4-7-21/h2-17H,18-19H2,1H3. The molecule has 2 heterocycles. The van der Waals surface area contributed by atoms with E-state index in [1.165, 1.54) is 0 Å². The van der Waals surface area contributed by atoms with E-state index in [4.69, 9.17) is 14.5 Å². The Morgan fingerprint density at radius 3 is 2.27 bits per heavy atom. The van der Waals surface area contributed by atoms with Gasteiger partial charge in [0.1, 0.15) is 19.0 Å². The third-order valence-corrected chi connectivity index (χ3v) is 5.99. The topological polar surface area (TPSA) is 35.8 Å². The van der Waals surface area contributed by atoms with Crippen LogP contribution >= 0.6 is 15.9 Å². The second-order valence-electron chi connectivity index (χ2n) is 7.90. The number of hydrogen-bond donors (Lipinski definition) is 0. The Kier molecular flexibility index (Phi) is 6.13. The van der Waals surface area contributed by atoms with Gasteiger partial charge in [0.05, 0.1) is 5.69 Å². The van der Waals surface area contributed by atoms with Crippen molar-refractivity contribution in [1.29, 1.82) is 0 Å². The summed E-state index contributed by atoms with van der Waals surface area (Å²) in [6.45, 7) is 3.10. The third kappa shape index (κ3) is 4.94. The number of nitrogens with zero attached hydrogens (tertiary/aromatic N) is 2. The zero-order chi connectivity index (χ0) is 22.6. The zero-order valence-electron chi connectivity index (χ0n) is 18.2. The lowest BCUT2D eigenvalue weighted by molar-refractivity contribution is 0.304. The van der Waals surface area contributed by atoms with E-state index in [1.807, 2.05) is 65.3 Å². The molecule has 0 aliphatic carbocycles. The molecule has 0 unspecified atom stereocenters. The van der Waals surface area contributed by atoms with E-state index in [9.17, 15) is 0 Å². The quantitative estimate of drug-likeness (QED) is 0.237. The van der Waals surface area contributed by atoms with E-state index in [0.717, 1.165) is 49.6 Å². The number of imidazole rings is 1. The van der Waals surface area contributed by atoms with Crippen LogP contribution in [0, 0.1) is 6.92 Å². The Balaban J connectivity index is 1.34. The van der Waals surface area contributed by atoms with Crippen molar-refractivity contribution in [2.24, 2.45) is 0 Å². The summed E-state index contributed by atoms with van der Waals surface area (Å²) in [4.78, 5) is 4.86. The van der Waals surface area contributed by atoms with E-state index in [-0.39, 0.29) is 0 Å². The third-order valence-electron chi connectivity index (χ3n) is 5.46. The van der Waals surface area contributed by atoms with Crippen LogP contribution in [0.5, 0.6) is 11.5 Å². The number of rotatable bonds is 7. The van der Waals surface area contributed by atoms with Crippen LogP contribution in [-0.2, 0) is 13.2 Å². The summed E-state index contributed by atoms with van der Waals surface area (Å²) in [5, 5.41) is 0. The number of fused-ring (bicyclic) bond motifs is 1. The van der Waals surface area contributed by atoms with E-state index < -0.39 is 0 Å². The highest BCUT2D eigenvalue weighted by Gasteiger charge is 2.11. The van der Waals surface area contributed by atoms with Crippen LogP contribution in [0.1, 0.15) is 16.7 Å². The van der Waals surface area contributed by atoms with Gasteiger partial charge in [0.25, 0.3) is 0 Å². The molecule has 0 N–H and O–H groups in total. The first-order valence-corrected chi connectivity index (χ1v) is 11.6. The molecule has 33 heavy (non-hydrogen) atoms. The maximum atomic E-state index is 6.07. The van der Waals surface area contributed by atoms with Crippen LogP contribution in [0.4, 0.5) is 0 Å². The molecule has 0 aliphatic heterocycles. The van der Waals surface area contributed by atoms with Gasteiger partial charge in [0.15, 0.2) is 11.4 Å². The molecule has 0 fully saturated rings. The van der Waals surface area contributed by atoms with E-state index >= 15 is 0 Å². The van der Waals surface area contributed by atoms with Gasteiger partial charge in [-0.25, -0.2) is 4.98 Å². The molecule has 0 saturated carbocycles. The minimum absolute atomic E-state index is 0.506. The number of halogens is 1. The number of benzene rings is 3. The van der Waals surface area contributed by atoms with Crippen molar-refractivity contribution in [3.8, 4) is 22.8 Å². The van der Waals surface area contributed by atoms with E-state index in [1.54, 1.807) is 0 Å².